The smallest absolute Gasteiger partial charge is 0.0694 e. The summed E-state index contributed by atoms with van der Waals surface area (Å²) in [6, 6.07) is 0.443. The highest BCUT2D eigenvalue weighted by Gasteiger charge is 2.39. The van der Waals surface area contributed by atoms with E-state index in [9.17, 15) is 0 Å². The number of hydrogen-bond acceptors (Lipinski definition) is 3. The van der Waals surface area contributed by atoms with Crippen molar-refractivity contribution in [3.63, 3.8) is 0 Å². The van der Waals surface area contributed by atoms with Crippen LogP contribution in [0.15, 0.2) is 0 Å². The van der Waals surface area contributed by atoms with Gasteiger partial charge in [-0.25, -0.2) is 0 Å². The van der Waals surface area contributed by atoms with E-state index in [0.717, 1.165) is 12.3 Å². The molecule has 3 nitrogen and oxygen atoms in total. The summed E-state index contributed by atoms with van der Waals surface area (Å²) in [7, 11) is 1.85. The van der Waals surface area contributed by atoms with Crippen LogP contribution in [0, 0.1) is 5.92 Å². The van der Waals surface area contributed by atoms with Crippen LogP contribution in [0.2, 0.25) is 0 Å². The van der Waals surface area contributed by atoms with Gasteiger partial charge in [-0.1, -0.05) is 32.1 Å². The molecule has 0 aromatic rings. The van der Waals surface area contributed by atoms with Gasteiger partial charge >= 0.3 is 0 Å². The molecule has 2 fully saturated rings. The summed E-state index contributed by atoms with van der Waals surface area (Å²) in [6.45, 7) is 0. The van der Waals surface area contributed by atoms with E-state index in [1.807, 2.05) is 7.11 Å². The monoisotopic (exact) mass is 240 g/mol. The minimum atomic E-state index is 0.145. The van der Waals surface area contributed by atoms with Crippen LogP contribution in [0.1, 0.15) is 64.2 Å². The van der Waals surface area contributed by atoms with Crippen molar-refractivity contribution in [1.29, 1.82) is 0 Å². The average Bonchev–Trinajstić information content (AvgIpc) is 2.33. The summed E-state index contributed by atoms with van der Waals surface area (Å²) >= 11 is 0. The largest absolute Gasteiger partial charge is 0.378 e. The maximum atomic E-state index is 5.73. The first-order valence-corrected chi connectivity index (χ1v) is 7.29. The first kappa shape index (κ1) is 13.3. The number of hydrogen-bond donors (Lipinski definition) is 2. The van der Waals surface area contributed by atoms with E-state index in [1.54, 1.807) is 0 Å². The molecule has 0 aliphatic heterocycles. The van der Waals surface area contributed by atoms with Gasteiger partial charge < -0.3 is 4.74 Å². The normalized spacial score (nSPS) is 26.5. The van der Waals surface area contributed by atoms with Crippen LogP contribution in [-0.2, 0) is 4.74 Å². The lowest BCUT2D eigenvalue weighted by atomic mass is 9.73. The highest BCUT2D eigenvalue weighted by Crippen LogP contribution is 2.40. The molecule has 0 aromatic carbocycles. The Morgan fingerprint density at radius 1 is 1.24 bits per heavy atom. The minimum Gasteiger partial charge on any atom is -0.378 e. The number of ether oxygens (including phenoxy) is 1. The zero-order chi connectivity index (χ0) is 12.1. The van der Waals surface area contributed by atoms with Gasteiger partial charge in [-0.2, -0.15) is 0 Å². The van der Waals surface area contributed by atoms with Gasteiger partial charge in [-0.15, -0.1) is 0 Å². The molecular formula is C14H28N2O. The second-order valence-corrected chi connectivity index (χ2v) is 6.05. The van der Waals surface area contributed by atoms with Crippen LogP contribution >= 0.6 is 0 Å². The Morgan fingerprint density at radius 3 is 2.41 bits per heavy atom. The van der Waals surface area contributed by atoms with E-state index in [1.165, 1.54) is 57.8 Å². The lowest BCUT2D eigenvalue weighted by molar-refractivity contribution is -0.0848. The second-order valence-electron chi connectivity index (χ2n) is 6.05. The molecule has 2 aliphatic carbocycles. The van der Waals surface area contributed by atoms with Crippen LogP contribution < -0.4 is 11.3 Å². The van der Waals surface area contributed by atoms with E-state index >= 15 is 0 Å². The summed E-state index contributed by atoms with van der Waals surface area (Å²) in [5, 5.41) is 0. The Labute approximate surface area is 105 Å². The van der Waals surface area contributed by atoms with Gasteiger partial charge in [0.2, 0.25) is 0 Å². The van der Waals surface area contributed by atoms with E-state index in [-0.39, 0.29) is 5.60 Å². The lowest BCUT2D eigenvalue weighted by Crippen LogP contribution is -2.48. The van der Waals surface area contributed by atoms with Gasteiger partial charge in [0, 0.05) is 13.2 Å². The van der Waals surface area contributed by atoms with Crippen LogP contribution in [0.3, 0.4) is 0 Å². The van der Waals surface area contributed by atoms with Crippen LogP contribution in [0.4, 0.5) is 0 Å². The second kappa shape index (κ2) is 6.17. The lowest BCUT2D eigenvalue weighted by Gasteiger charge is -2.43. The molecule has 1 unspecified atom stereocenters. The van der Waals surface area contributed by atoms with Gasteiger partial charge in [-0.3, -0.25) is 11.3 Å². The molecule has 0 amide bonds. The van der Waals surface area contributed by atoms with Gasteiger partial charge in [0.05, 0.1) is 5.60 Å². The number of nitrogens with one attached hydrogen (secondary N) is 1. The summed E-state index contributed by atoms with van der Waals surface area (Å²) < 4.78 is 5.70. The number of methoxy groups -OCH3 is 1. The molecule has 2 rings (SSSR count). The molecule has 0 saturated heterocycles. The SMILES string of the molecule is COC1(CC(CC2CCCCC2)NN)CCC1. The number of rotatable bonds is 6. The molecule has 0 radical (unpaired) electrons. The standard InChI is InChI=1S/C14H28N2O/c1-17-14(8-5-9-14)11-13(16-15)10-12-6-3-2-4-7-12/h12-13,16H,2-11,15H2,1H3. The highest BCUT2D eigenvalue weighted by atomic mass is 16.5. The molecule has 3 N–H and O–H groups in total. The molecule has 0 heterocycles. The van der Waals surface area contributed by atoms with Crippen LogP contribution in [-0.4, -0.2) is 18.8 Å². The van der Waals surface area contributed by atoms with Crippen molar-refractivity contribution in [1.82, 2.24) is 5.43 Å². The maximum Gasteiger partial charge on any atom is 0.0694 e. The highest BCUT2D eigenvalue weighted by molar-refractivity contribution is 4.93. The van der Waals surface area contributed by atoms with E-state index in [0.29, 0.717) is 6.04 Å². The van der Waals surface area contributed by atoms with Crippen molar-refractivity contribution in [3.8, 4) is 0 Å². The Bertz CT molecular complexity index is 217. The zero-order valence-corrected chi connectivity index (χ0v) is 11.2. The van der Waals surface area contributed by atoms with Crippen molar-refractivity contribution < 1.29 is 4.74 Å². The Hall–Kier alpha value is -0.120. The predicted molar refractivity (Wildman–Crippen MR) is 70.5 cm³/mol. The Morgan fingerprint density at radius 2 is 1.94 bits per heavy atom. The third kappa shape index (κ3) is 3.43. The van der Waals surface area contributed by atoms with Crippen molar-refractivity contribution in [2.45, 2.75) is 75.9 Å². The summed E-state index contributed by atoms with van der Waals surface area (Å²) in [5.41, 5.74) is 3.17. The molecule has 17 heavy (non-hydrogen) atoms. The summed E-state index contributed by atoms with van der Waals surface area (Å²) in [6.07, 6.45) is 13.1. The minimum absolute atomic E-state index is 0.145. The molecule has 1 atom stereocenters. The molecule has 0 aromatic heterocycles. The van der Waals surface area contributed by atoms with E-state index in [2.05, 4.69) is 5.43 Å². The van der Waals surface area contributed by atoms with Crippen LogP contribution in [0.25, 0.3) is 0 Å². The zero-order valence-electron chi connectivity index (χ0n) is 11.2. The summed E-state index contributed by atoms with van der Waals surface area (Å²) in [4.78, 5) is 0. The third-order valence-corrected chi connectivity index (χ3v) is 4.89. The summed E-state index contributed by atoms with van der Waals surface area (Å²) in [5.74, 6) is 6.61. The quantitative estimate of drug-likeness (QED) is 0.554. The van der Waals surface area contributed by atoms with Gasteiger partial charge in [0.15, 0.2) is 0 Å². The molecule has 100 valence electrons. The maximum absolute atomic E-state index is 5.73. The van der Waals surface area contributed by atoms with Gasteiger partial charge in [0.25, 0.3) is 0 Å². The van der Waals surface area contributed by atoms with Crippen LogP contribution in [0.5, 0.6) is 0 Å². The fourth-order valence-corrected chi connectivity index (χ4v) is 3.55. The third-order valence-electron chi connectivity index (χ3n) is 4.89. The number of nitrogens with two attached hydrogens (primary N) is 1. The molecule has 3 heteroatoms. The van der Waals surface area contributed by atoms with Gasteiger partial charge in [-0.05, 0) is 38.0 Å². The van der Waals surface area contributed by atoms with E-state index < -0.39 is 0 Å². The van der Waals surface area contributed by atoms with Gasteiger partial charge in [0.1, 0.15) is 0 Å². The molecule has 2 aliphatic rings. The van der Waals surface area contributed by atoms with Crippen molar-refractivity contribution in [2.24, 2.45) is 11.8 Å². The average molecular weight is 240 g/mol. The first-order valence-electron chi connectivity index (χ1n) is 7.29. The topological polar surface area (TPSA) is 47.3 Å². The predicted octanol–water partition coefficient (Wildman–Crippen LogP) is 2.75. The Balaban J connectivity index is 1.79. The van der Waals surface area contributed by atoms with Crippen molar-refractivity contribution in [3.05, 3.63) is 0 Å². The Kier molecular flexibility index (Phi) is 4.83. The molecule has 0 spiro atoms. The first-order chi connectivity index (χ1) is 8.28. The van der Waals surface area contributed by atoms with Crippen molar-refractivity contribution >= 4 is 0 Å². The fraction of sp³-hybridized carbons (Fsp3) is 1.00. The van der Waals surface area contributed by atoms with Crippen molar-refractivity contribution in [2.75, 3.05) is 7.11 Å². The number of hydrazine groups is 1. The molecular weight excluding hydrogens is 212 g/mol. The fourth-order valence-electron chi connectivity index (χ4n) is 3.55. The molecule has 2 saturated carbocycles. The van der Waals surface area contributed by atoms with E-state index in [4.69, 9.17) is 10.6 Å². The molecule has 0 bridgehead atoms.